The number of H-pyrrole nitrogens is 1. The molecule has 3 aromatic rings. The molecule has 8 nitrogen and oxygen atoms in total. The lowest BCUT2D eigenvalue weighted by Crippen LogP contribution is -2.17. The van der Waals surface area contributed by atoms with Crippen molar-refractivity contribution < 1.29 is 4.74 Å². The van der Waals surface area contributed by atoms with Crippen molar-refractivity contribution in [3.05, 3.63) is 39.9 Å². The average Bonchev–Trinajstić information content (AvgIpc) is 3.26. The van der Waals surface area contributed by atoms with E-state index in [2.05, 4.69) is 25.5 Å². The molecule has 1 aliphatic rings. The van der Waals surface area contributed by atoms with E-state index in [1.165, 1.54) is 11.8 Å². The van der Waals surface area contributed by atoms with Crippen LogP contribution in [0.4, 0.5) is 0 Å². The van der Waals surface area contributed by atoms with E-state index in [-0.39, 0.29) is 11.7 Å². The number of aromatic nitrogens is 6. The molecule has 0 saturated carbocycles. The van der Waals surface area contributed by atoms with Crippen LogP contribution in [-0.4, -0.2) is 42.9 Å². The van der Waals surface area contributed by atoms with E-state index >= 15 is 0 Å². The molecule has 0 aliphatic carbocycles. The van der Waals surface area contributed by atoms with Gasteiger partial charge in [0.25, 0.3) is 5.56 Å². The maximum atomic E-state index is 12.2. The Morgan fingerprint density at radius 1 is 1.44 bits per heavy atom. The number of fused-ring (bicyclic) bond motifs is 1. The summed E-state index contributed by atoms with van der Waals surface area (Å²) < 4.78 is 7.39. The Hall–Kier alpha value is -2.26. The molecule has 1 fully saturated rings. The number of rotatable bonds is 5. The molecule has 25 heavy (non-hydrogen) atoms. The molecule has 0 bridgehead atoms. The minimum absolute atomic E-state index is 0.122. The van der Waals surface area contributed by atoms with Crippen molar-refractivity contribution in [2.75, 3.05) is 6.61 Å². The first-order valence-corrected chi connectivity index (χ1v) is 9.18. The Kier molecular flexibility index (Phi) is 4.50. The Morgan fingerprint density at radius 3 is 3.20 bits per heavy atom. The number of aromatic amines is 1. The number of aryl methyl sites for hydroxylation is 1. The Bertz CT molecular complexity index is 947. The van der Waals surface area contributed by atoms with Crippen molar-refractivity contribution in [3.8, 4) is 0 Å². The molecule has 1 saturated heterocycles. The van der Waals surface area contributed by atoms with E-state index in [1.54, 1.807) is 10.7 Å². The molecule has 9 heteroatoms. The zero-order valence-electron chi connectivity index (χ0n) is 13.8. The third-order valence-corrected chi connectivity index (χ3v) is 5.19. The summed E-state index contributed by atoms with van der Waals surface area (Å²) in [5, 5.41) is 13.2. The molecule has 2 aromatic heterocycles. The van der Waals surface area contributed by atoms with Crippen LogP contribution in [0.25, 0.3) is 10.9 Å². The van der Waals surface area contributed by atoms with E-state index in [9.17, 15) is 4.79 Å². The van der Waals surface area contributed by atoms with Crippen LogP contribution in [0.1, 0.15) is 24.2 Å². The molecule has 1 aromatic carbocycles. The zero-order chi connectivity index (χ0) is 17.2. The van der Waals surface area contributed by atoms with Crippen LogP contribution < -0.4 is 5.56 Å². The van der Waals surface area contributed by atoms with Gasteiger partial charge < -0.3 is 9.72 Å². The van der Waals surface area contributed by atoms with Crippen LogP contribution in [-0.2, 0) is 17.0 Å². The van der Waals surface area contributed by atoms with Crippen molar-refractivity contribution in [1.29, 1.82) is 0 Å². The Morgan fingerprint density at radius 2 is 2.36 bits per heavy atom. The lowest BCUT2D eigenvalue weighted by Gasteiger charge is -2.10. The van der Waals surface area contributed by atoms with Gasteiger partial charge in [0, 0.05) is 6.61 Å². The summed E-state index contributed by atoms with van der Waals surface area (Å²) >= 11 is 1.45. The van der Waals surface area contributed by atoms with Crippen LogP contribution >= 0.6 is 11.8 Å². The zero-order valence-corrected chi connectivity index (χ0v) is 14.6. The SMILES string of the molecule is Cc1cccc2c(=O)[nH]c(CSc3nnnn3CC3CCCO3)nc12. The molecule has 130 valence electrons. The Labute approximate surface area is 148 Å². The van der Waals surface area contributed by atoms with Crippen LogP contribution in [0.3, 0.4) is 0 Å². The fourth-order valence-corrected chi connectivity index (χ4v) is 3.71. The summed E-state index contributed by atoms with van der Waals surface area (Å²) in [5.41, 5.74) is 1.60. The average molecular weight is 358 g/mol. The molecule has 1 unspecified atom stereocenters. The van der Waals surface area contributed by atoms with Crippen LogP contribution in [0.5, 0.6) is 0 Å². The second-order valence-electron chi connectivity index (χ2n) is 6.05. The Balaban J connectivity index is 1.52. The first-order valence-electron chi connectivity index (χ1n) is 8.20. The maximum Gasteiger partial charge on any atom is 0.258 e. The summed E-state index contributed by atoms with van der Waals surface area (Å²) in [7, 11) is 0. The number of nitrogens with zero attached hydrogens (tertiary/aromatic N) is 5. The summed E-state index contributed by atoms with van der Waals surface area (Å²) in [6.07, 6.45) is 2.28. The highest BCUT2D eigenvalue weighted by Gasteiger charge is 2.19. The highest BCUT2D eigenvalue weighted by molar-refractivity contribution is 7.98. The van der Waals surface area contributed by atoms with Gasteiger partial charge in [0.2, 0.25) is 5.16 Å². The molecule has 1 aliphatic heterocycles. The van der Waals surface area contributed by atoms with Gasteiger partial charge in [0.1, 0.15) is 5.82 Å². The fraction of sp³-hybridized carbons (Fsp3) is 0.438. The first-order chi connectivity index (χ1) is 12.2. The number of benzene rings is 1. The van der Waals surface area contributed by atoms with Gasteiger partial charge in [-0.05, 0) is 41.8 Å². The van der Waals surface area contributed by atoms with Crippen LogP contribution in [0, 0.1) is 6.92 Å². The van der Waals surface area contributed by atoms with Gasteiger partial charge in [-0.25, -0.2) is 9.67 Å². The van der Waals surface area contributed by atoms with Gasteiger partial charge in [0.05, 0.1) is 29.3 Å². The molecular weight excluding hydrogens is 340 g/mol. The summed E-state index contributed by atoms with van der Waals surface area (Å²) in [5.74, 6) is 1.11. The molecule has 0 spiro atoms. The normalized spacial score (nSPS) is 17.4. The van der Waals surface area contributed by atoms with Gasteiger partial charge in [-0.2, -0.15) is 0 Å². The van der Waals surface area contributed by atoms with Crippen molar-refractivity contribution in [1.82, 2.24) is 30.2 Å². The van der Waals surface area contributed by atoms with Gasteiger partial charge in [0.15, 0.2) is 0 Å². The fourth-order valence-electron chi connectivity index (χ4n) is 2.95. The molecule has 0 amide bonds. The highest BCUT2D eigenvalue weighted by Crippen LogP contribution is 2.21. The number of tetrazole rings is 1. The molecular formula is C16H18N6O2S. The second-order valence-corrected chi connectivity index (χ2v) is 6.99. The number of ether oxygens (including phenoxy) is 1. The third-order valence-electron chi connectivity index (χ3n) is 4.22. The number of hydrogen-bond donors (Lipinski definition) is 1. The van der Waals surface area contributed by atoms with E-state index in [1.807, 2.05) is 19.1 Å². The molecule has 3 heterocycles. The monoisotopic (exact) mass is 358 g/mol. The molecule has 4 rings (SSSR count). The number of thioether (sulfide) groups is 1. The van der Waals surface area contributed by atoms with E-state index in [0.29, 0.717) is 28.7 Å². The second kappa shape index (κ2) is 6.93. The lowest BCUT2D eigenvalue weighted by atomic mass is 10.1. The number of para-hydroxylation sites is 1. The van der Waals surface area contributed by atoms with E-state index in [4.69, 9.17) is 4.74 Å². The molecule has 0 radical (unpaired) electrons. The standard InChI is InChI=1S/C16H18N6O2S/c1-10-4-2-6-12-14(10)17-13(18-15(12)23)9-25-16-19-20-21-22(16)8-11-5-3-7-24-11/h2,4,6,11H,3,5,7-9H2,1H3,(H,17,18,23). The predicted octanol–water partition coefficient (Wildman–Crippen LogP) is 1.69. The van der Waals surface area contributed by atoms with Gasteiger partial charge in [-0.15, -0.1) is 5.10 Å². The third kappa shape index (κ3) is 3.42. The predicted molar refractivity (Wildman–Crippen MR) is 93.5 cm³/mol. The van der Waals surface area contributed by atoms with Crippen LogP contribution in [0.15, 0.2) is 28.2 Å². The minimum Gasteiger partial charge on any atom is -0.376 e. The van der Waals surface area contributed by atoms with E-state index in [0.717, 1.165) is 30.5 Å². The van der Waals surface area contributed by atoms with Crippen molar-refractivity contribution in [2.45, 2.75) is 43.3 Å². The lowest BCUT2D eigenvalue weighted by molar-refractivity contribution is 0.0912. The van der Waals surface area contributed by atoms with Crippen molar-refractivity contribution in [3.63, 3.8) is 0 Å². The smallest absolute Gasteiger partial charge is 0.258 e. The van der Waals surface area contributed by atoms with Gasteiger partial charge >= 0.3 is 0 Å². The molecule has 1 atom stereocenters. The minimum atomic E-state index is -0.122. The summed E-state index contributed by atoms with van der Waals surface area (Å²) in [6, 6.07) is 5.60. The number of hydrogen-bond acceptors (Lipinski definition) is 7. The van der Waals surface area contributed by atoms with E-state index < -0.39 is 0 Å². The quantitative estimate of drug-likeness (QED) is 0.693. The largest absolute Gasteiger partial charge is 0.376 e. The van der Waals surface area contributed by atoms with Crippen LogP contribution in [0.2, 0.25) is 0 Å². The molecule has 1 N–H and O–H groups in total. The first kappa shape index (κ1) is 16.2. The van der Waals surface area contributed by atoms with Crippen molar-refractivity contribution in [2.24, 2.45) is 0 Å². The number of nitrogens with one attached hydrogen (secondary N) is 1. The summed E-state index contributed by atoms with van der Waals surface area (Å²) in [4.78, 5) is 19.7. The summed E-state index contributed by atoms with van der Waals surface area (Å²) in [6.45, 7) is 3.40. The maximum absolute atomic E-state index is 12.2. The van der Waals surface area contributed by atoms with Gasteiger partial charge in [-0.3, -0.25) is 4.79 Å². The topological polar surface area (TPSA) is 98.6 Å². The highest BCUT2D eigenvalue weighted by atomic mass is 32.2. The van der Waals surface area contributed by atoms with Gasteiger partial charge in [-0.1, -0.05) is 23.9 Å². The van der Waals surface area contributed by atoms with Crippen molar-refractivity contribution >= 4 is 22.7 Å².